The van der Waals surface area contributed by atoms with Gasteiger partial charge in [0.1, 0.15) is 18.0 Å². The quantitative estimate of drug-likeness (QED) is 0.724. The number of nitrogens with zero attached hydrogens (tertiary/aromatic N) is 2. The number of anilines is 2. The van der Waals surface area contributed by atoms with E-state index >= 15 is 0 Å². The Hall–Kier alpha value is -2.81. The molecule has 0 aliphatic heterocycles. The largest absolute Gasteiger partial charge is 0.497 e. The van der Waals surface area contributed by atoms with E-state index in [0.29, 0.717) is 17.2 Å². The topological polar surface area (TPSA) is 97.8 Å². The van der Waals surface area contributed by atoms with Crippen LogP contribution in [0.25, 0.3) is 0 Å². The van der Waals surface area contributed by atoms with Gasteiger partial charge in [-0.3, -0.25) is 14.1 Å². The Kier molecular flexibility index (Phi) is 5.96. The number of carbonyl (C=O) groups excluding carboxylic acids is 1. The van der Waals surface area contributed by atoms with Crippen LogP contribution in [-0.2, 0) is 15.7 Å². The Morgan fingerprint density at radius 2 is 2.04 bits per heavy atom. The summed E-state index contributed by atoms with van der Waals surface area (Å²) in [5, 5.41) is 2.58. The van der Waals surface area contributed by atoms with Crippen molar-refractivity contribution in [3.05, 3.63) is 42.7 Å². The number of benzene rings is 1. The van der Waals surface area contributed by atoms with Gasteiger partial charge in [0.25, 0.3) is 0 Å². The van der Waals surface area contributed by atoms with Crippen LogP contribution < -0.4 is 19.1 Å². The molecule has 1 heterocycles. The first kappa shape index (κ1) is 17.5. The van der Waals surface area contributed by atoms with E-state index in [1.807, 2.05) is 0 Å². The van der Waals surface area contributed by atoms with Crippen LogP contribution in [-0.4, -0.2) is 40.1 Å². The molecule has 24 heavy (non-hydrogen) atoms. The number of amides is 1. The smallest absolute Gasteiger partial charge is 0.245 e. The minimum absolute atomic E-state index is 0.217. The summed E-state index contributed by atoms with van der Waals surface area (Å²) in [6.07, 6.45) is 3.03. The Bertz CT molecular complexity index is 772. The molecule has 0 bridgehead atoms. The van der Waals surface area contributed by atoms with E-state index < -0.39 is 23.3 Å². The predicted molar refractivity (Wildman–Crippen MR) is 90.1 cm³/mol. The summed E-state index contributed by atoms with van der Waals surface area (Å²) in [7, 11) is -0.191. The zero-order valence-corrected chi connectivity index (χ0v) is 14.0. The van der Waals surface area contributed by atoms with Gasteiger partial charge in [-0.2, -0.15) is 0 Å². The van der Waals surface area contributed by atoms with Crippen molar-refractivity contribution in [3.8, 4) is 11.5 Å². The molecule has 0 radical (unpaired) electrons. The van der Waals surface area contributed by atoms with Gasteiger partial charge in [0.05, 0.1) is 31.8 Å². The van der Waals surface area contributed by atoms with Gasteiger partial charge in [0.15, 0.2) is 0 Å². The molecule has 0 aliphatic carbocycles. The van der Waals surface area contributed by atoms with Gasteiger partial charge in [-0.25, -0.2) is 8.42 Å². The number of thiol groups is 1. The molecule has 1 aromatic carbocycles. The van der Waals surface area contributed by atoms with Crippen molar-refractivity contribution >= 4 is 28.2 Å². The molecule has 0 spiro atoms. The van der Waals surface area contributed by atoms with Gasteiger partial charge >= 0.3 is 0 Å². The summed E-state index contributed by atoms with van der Waals surface area (Å²) in [6.45, 7) is -0.406. The fourth-order valence-corrected chi connectivity index (χ4v) is 2.58. The monoisotopic (exact) mass is 351 g/mol. The first-order valence-corrected chi connectivity index (χ1v) is 8.02. The third-order valence-electron chi connectivity index (χ3n) is 3.10. The molecule has 0 aliphatic rings. The molecule has 2 aromatic rings. The lowest BCUT2D eigenvalue weighted by Gasteiger charge is -2.20. The van der Waals surface area contributed by atoms with E-state index in [2.05, 4.69) is 10.3 Å². The summed E-state index contributed by atoms with van der Waals surface area (Å²) < 4.78 is 34.4. The van der Waals surface area contributed by atoms with Crippen molar-refractivity contribution < 1.29 is 22.7 Å². The lowest BCUT2D eigenvalue weighted by molar-refractivity contribution is -0.114. The van der Waals surface area contributed by atoms with Gasteiger partial charge < -0.3 is 14.8 Å². The zero-order chi connectivity index (χ0) is 17.5. The Morgan fingerprint density at radius 1 is 1.25 bits per heavy atom. The predicted octanol–water partition coefficient (Wildman–Crippen LogP) is 1.07. The highest BCUT2D eigenvalue weighted by molar-refractivity contribution is 7.74. The Morgan fingerprint density at radius 3 is 2.62 bits per heavy atom. The molecule has 0 saturated carbocycles. The van der Waals surface area contributed by atoms with Crippen molar-refractivity contribution in [1.82, 2.24) is 4.98 Å². The maximum Gasteiger partial charge on any atom is 0.245 e. The van der Waals surface area contributed by atoms with E-state index in [9.17, 15) is 13.2 Å². The number of carbonyl (C=O) groups is 1. The molecule has 1 N–H and O–H groups in total. The van der Waals surface area contributed by atoms with Crippen molar-refractivity contribution in [3.63, 3.8) is 0 Å². The first-order chi connectivity index (χ1) is 11.5. The van der Waals surface area contributed by atoms with Gasteiger partial charge in [-0.15, -0.1) is 0 Å². The second kappa shape index (κ2) is 8.16. The van der Waals surface area contributed by atoms with E-state index in [4.69, 9.17) is 9.47 Å². The molecule has 0 unspecified atom stereocenters. The average molecular weight is 351 g/mol. The highest BCUT2D eigenvalue weighted by atomic mass is 32.2. The standard InChI is InChI=1S/C15H17N3O5S/c1-22-12-5-6-14(23-2)13(8-12)18(24(20)21)10-15(19)17-11-4-3-7-16-9-11/h3-9,24H,10H2,1-2H3,(H,17,19). The van der Waals surface area contributed by atoms with E-state index in [1.165, 1.54) is 26.5 Å². The SMILES string of the molecule is COc1ccc(OC)c(N(CC(=O)Nc2cccnc2)[SH](=O)=O)c1. The van der Waals surface area contributed by atoms with E-state index in [1.54, 1.807) is 30.5 Å². The maximum absolute atomic E-state index is 12.1. The van der Waals surface area contributed by atoms with Crippen molar-refractivity contribution in [2.45, 2.75) is 0 Å². The first-order valence-electron chi connectivity index (χ1n) is 6.89. The normalized spacial score (nSPS) is 10.3. The van der Waals surface area contributed by atoms with Crippen LogP contribution in [0.3, 0.4) is 0 Å². The van der Waals surface area contributed by atoms with Crippen LogP contribution in [0.5, 0.6) is 11.5 Å². The second-order valence-corrected chi connectivity index (χ2v) is 5.58. The average Bonchev–Trinajstić information content (AvgIpc) is 2.59. The van der Waals surface area contributed by atoms with E-state index in [0.717, 1.165) is 4.31 Å². The summed E-state index contributed by atoms with van der Waals surface area (Å²) in [5.74, 6) is 0.247. The van der Waals surface area contributed by atoms with Crippen LogP contribution in [0.15, 0.2) is 42.7 Å². The molecular weight excluding hydrogens is 334 g/mol. The Balaban J connectivity index is 2.25. The number of rotatable bonds is 7. The molecule has 8 nitrogen and oxygen atoms in total. The summed E-state index contributed by atoms with van der Waals surface area (Å²) >= 11 is 0. The minimum Gasteiger partial charge on any atom is -0.497 e. The molecule has 0 atom stereocenters. The molecule has 1 amide bonds. The number of hydrogen-bond donors (Lipinski definition) is 2. The fourth-order valence-electron chi connectivity index (χ4n) is 2.00. The third kappa shape index (κ3) is 4.35. The van der Waals surface area contributed by atoms with Crippen molar-refractivity contribution in [2.75, 3.05) is 30.4 Å². The van der Waals surface area contributed by atoms with Crippen LogP contribution >= 0.6 is 0 Å². The van der Waals surface area contributed by atoms with Gasteiger partial charge in [0, 0.05) is 12.3 Å². The molecule has 0 fully saturated rings. The third-order valence-corrected chi connectivity index (χ3v) is 3.85. The van der Waals surface area contributed by atoms with Crippen LogP contribution in [0.1, 0.15) is 0 Å². The Labute approximate surface area is 141 Å². The lowest BCUT2D eigenvalue weighted by Crippen LogP contribution is -2.32. The highest BCUT2D eigenvalue weighted by Crippen LogP contribution is 2.32. The fraction of sp³-hybridized carbons (Fsp3) is 0.200. The van der Waals surface area contributed by atoms with Gasteiger partial charge in [-0.1, -0.05) is 0 Å². The second-order valence-electron chi connectivity index (χ2n) is 4.62. The van der Waals surface area contributed by atoms with Crippen molar-refractivity contribution in [1.29, 1.82) is 0 Å². The number of hydrogen-bond acceptors (Lipinski definition) is 6. The molecular formula is C15H17N3O5S. The molecule has 2 rings (SSSR count). The minimum atomic E-state index is -3.07. The molecule has 9 heteroatoms. The molecule has 128 valence electrons. The van der Waals surface area contributed by atoms with Gasteiger partial charge in [-0.05, 0) is 24.3 Å². The summed E-state index contributed by atoms with van der Waals surface area (Å²) in [6, 6.07) is 8.00. The van der Waals surface area contributed by atoms with Gasteiger partial charge in [0.2, 0.25) is 16.8 Å². The summed E-state index contributed by atoms with van der Waals surface area (Å²) in [4.78, 5) is 16.0. The molecule has 0 saturated heterocycles. The zero-order valence-electron chi connectivity index (χ0n) is 13.1. The number of aromatic nitrogens is 1. The van der Waals surface area contributed by atoms with E-state index in [-0.39, 0.29) is 5.69 Å². The van der Waals surface area contributed by atoms with Crippen LogP contribution in [0.4, 0.5) is 11.4 Å². The highest BCUT2D eigenvalue weighted by Gasteiger charge is 2.19. The lowest BCUT2D eigenvalue weighted by atomic mass is 10.2. The number of methoxy groups -OCH3 is 2. The number of ether oxygens (including phenoxy) is 2. The van der Waals surface area contributed by atoms with Crippen molar-refractivity contribution in [2.24, 2.45) is 0 Å². The number of pyridine rings is 1. The van der Waals surface area contributed by atoms with Crippen LogP contribution in [0, 0.1) is 0 Å². The number of nitrogens with one attached hydrogen (secondary N) is 1. The van der Waals surface area contributed by atoms with Crippen LogP contribution in [0.2, 0.25) is 0 Å². The molecule has 1 aromatic heterocycles. The summed E-state index contributed by atoms with van der Waals surface area (Å²) in [5.41, 5.74) is 0.690. The maximum atomic E-state index is 12.1.